The largest absolute Gasteiger partial charge is 0.506 e. The van der Waals surface area contributed by atoms with Crippen LogP contribution in [0.1, 0.15) is 30.6 Å². The minimum atomic E-state index is -0.603. The molecule has 0 bridgehead atoms. The molecule has 3 N–H and O–H groups in total. The third-order valence-corrected chi connectivity index (χ3v) is 4.50. The van der Waals surface area contributed by atoms with Gasteiger partial charge in [0, 0.05) is 16.6 Å². The van der Waals surface area contributed by atoms with E-state index in [1.54, 1.807) is 18.2 Å². The lowest BCUT2D eigenvalue weighted by atomic mass is 10.1. The fraction of sp³-hybridized carbons (Fsp3) is 0.263. The molecule has 0 saturated heterocycles. The van der Waals surface area contributed by atoms with Crippen molar-refractivity contribution in [1.82, 2.24) is 5.32 Å². The number of aromatic hydroxyl groups is 1. The van der Waals surface area contributed by atoms with Crippen LogP contribution in [0.25, 0.3) is 0 Å². The number of phenolic OH excluding ortho intramolecular Hbond substituents is 1. The molecule has 0 saturated carbocycles. The van der Waals surface area contributed by atoms with E-state index in [0.717, 1.165) is 18.6 Å². The Hall–Kier alpha value is -2.72. The van der Waals surface area contributed by atoms with Crippen molar-refractivity contribution in [2.75, 3.05) is 11.9 Å². The predicted octanol–water partition coefficient (Wildman–Crippen LogP) is 4.61. The number of hydrogen-bond donors (Lipinski definition) is 3. The molecule has 0 unspecified atom stereocenters. The van der Waals surface area contributed by atoms with Gasteiger partial charge in [-0.05, 0) is 48.8 Å². The van der Waals surface area contributed by atoms with Crippen LogP contribution in [0.5, 0.6) is 11.5 Å². The molecular formula is C19H20BrN3O5S. The topological polar surface area (TPSA) is 114 Å². The van der Waals surface area contributed by atoms with Gasteiger partial charge in [-0.15, -0.1) is 0 Å². The monoisotopic (exact) mass is 481 g/mol. The Labute approximate surface area is 181 Å². The highest BCUT2D eigenvalue weighted by atomic mass is 79.9. The van der Waals surface area contributed by atoms with E-state index in [1.165, 1.54) is 6.07 Å². The second-order valence-corrected chi connectivity index (χ2v) is 7.86. The van der Waals surface area contributed by atoms with Gasteiger partial charge in [-0.2, -0.15) is 0 Å². The van der Waals surface area contributed by atoms with Crippen LogP contribution < -0.4 is 15.4 Å². The number of rotatable bonds is 7. The van der Waals surface area contributed by atoms with Crippen LogP contribution >= 0.6 is 28.1 Å². The molecule has 8 nitrogen and oxygen atoms in total. The van der Waals surface area contributed by atoms with Crippen molar-refractivity contribution in [1.29, 1.82) is 0 Å². The van der Waals surface area contributed by atoms with Gasteiger partial charge in [-0.3, -0.25) is 20.2 Å². The molecule has 1 amide bonds. The number of nitro groups is 1. The zero-order chi connectivity index (χ0) is 21.6. The number of halogens is 1. The summed E-state index contributed by atoms with van der Waals surface area (Å²) in [4.78, 5) is 22.9. The van der Waals surface area contributed by atoms with Gasteiger partial charge in [0.05, 0.1) is 22.8 Å². The lowest BCUT2D eigenvalue weighted by Gasteiger charge is -2.14. The highest BCUT2D eigenvalue weighted by Crippen LogP contribution is 2.28. The summed E-state index contributed by atoms with van der Waals surface area (Å²) in [5, 5.41) is 25.7. The summed E-state index contributed by atoms with van der Waals surface area (Å²) in [5.41, 5.74) is 0.0509. The molecule has 154 valence electrons. The minimum absolute atomic E-state index is 0.00662. The van der Waals surface area contributed by atoms with Crippen LogP contribution in [0.2, 0.25) is 0 Å². The fourth-order valence-electron chi connectivity index (χ4n) is 2.27. The van der Waals surface area contributed by atoms with Gasteiger partial charge >= 0.3 is 0 Å². The number of amides is 1. The van der Waals surface area contributed by atoms with E-state index < -0.39 is 10.8 Å². The van der Waals surface area contributed by atoms with Gasteiger partial charge in [0.15, 0.2) is 5.11 Å². The maximum absolute atomic E-state index is 12.7. The highest BCUT2D eigenvalue weighted by Gasteiger charge is 2.17. The highest BCUT2D eigenvalue weighted by molar-refractivity contribution is 9.10. The van der Waals surface area contributed by atoms with Crippen molar-refractivity contribution < 1.29 is 19.6 Å². The number of non-ortho nitro benzene ring substituents is 1. The Kier molecular flexibility index (Phi) is 7.91. The first kappa shape index (κ1) is 22.6. The molecule has 0 heterocycles. The Morgan fingerprint density at radius 1 is 1.31 bits per heavy atom. The molecule has 0 aliphatic heterocycles. The zero-order valence-electron chi connectivity index (χ0n) is 15.8. The average Bonchev–Trinajstić information content (AvgIpc) is 2.64. The van der Waals surface area contributed by atoms with E-state index >= 15 is 0 Å². The number of hydrogen-bond acceptors (Lipinski definition) is 6. The predicted molar refractivity (Wildman–Crippen MR) is 118 cm³/mol. The van der Waals surface area contributed by atoms with Gasteiger partial charge in [0.25, 0.3) is 11.6 Å². The quantitative estimate of drug-likeness (QED) is 0.229. The lowest BCUT2D eigenvalue weighted by Crippen LogP contribution is -2.34. The number of benzene rings is 2. The van der Waals surface area contributed by atoms with Crippen LogP contribution in [0.4, 0.5) is 11.4 Å². The first-order valence-corrected chi connectivity index (χ1v) is 9.89. The molecule has 2 aromatic rings. The van der Waals surface area contributed by atoms with Gasteiger partial charge in [0.2, 0.25) is 0 Å². The summed E-state index contributed by atoms with van der Waals surface area (Å²) in [7, 11) is 0. The van der Waals surface area contributed by atoms with E-state index in [-0.39, 0.29) is 27.8 Å². The minimum Gasteiger partial charge on any atom is -0.506 e. The molecule has 0 fully saturated rings. The SMILES string of the molecule is CC(C)CCOc1ccc(Br)cc1C(=O)NC(=S)Nc1cc([N+](=O)[O-])ccc1O. The molecule has 2 rings (SSSR count). The number of nitrogens with zero attached hydrogens (tertiary/aromatic N) is 1. The third kappa shape index (κ3) is 6.68. The van der Waals surface area contributed by atoms with E-state index in [1.807, 2.05) is 0 Å². The van der Waals surface area contributed by atoms with Crippen LogP contribution in [-0.2, 0) is 0 Å². The van der Waals surface area contributed by atoms with Gasteiger partial charge < -0.3 is 15.2 Å². The number of carbonyl (C=O) groups excluding carboxylic acids is 1. The van der Waals surface area contributed by atoms with Gasteiger partial charge in [-0.1, -0.05) is 29.8 Å². The molecular weight excluding hydrogens is 462 g/mol. The van der Waals surface area contributed by atoms with Gasteiger partial charge in [-0.25, -0.2) is 0 Å². The first-order chi connectivity index (χ1) is 13.7. The number of ether oxygens (including phenoxy) is 1. The van der Waals surface area contributed by atoms with Crippen molar-refractivity contribution in [3.8, 4) is 11.5 Å². The van der Waals surface area contributed by atoms with Crippen LogP contribution in [0, 0.1) is 16.0 Å². The van der Waals surface area contributed by atoms with Crippen LogP contribution in [0.15, 0.2) is 40.9 Å². The second-order valence-electron chi connectivity index (χ2n) is 6.54. The maximum atomic E-state index is 12.7. The molecule has 0 spiro atoms. The van der Waals surface area contributed by atoms with E-state index in [2.05, 4.69) is 40.4 Å². The second kappa shape index (κ2) is 10.2. The van der Waals surface area contributed by atoms with E-state index in [0.29, 0.717) is 22.7 Å². The number of anilines is 1. The Morgan fingerprint density at radius 3 is 2.69 bits per heavy atom. The van der Waals surface area contributed by atoms with Crippen LogP contribution in [-0.4, -0.2) is 27.7 Å². The summed E-state index contributed by atoms with van der Waals surface area (Å²) in [6.07, 6.45) is 0.836. The normalized spacial score (nSPS) is 10.5. The Bertz CT molecular complexity index is 936. The van der Waals surface area contributed by atoms with Gasteiger partial charge in [0.1, 0.15) is 11.5 Å². The van der Waals surface area contributed by atoms with E-state index in [9.17, 15) is 20.0 Å². The molecule has 29 heavy (non-hydrogen) atoms. The van der Waals surface area contributed by atoms with E-state index in [4.69, 9.17) is 17.0 Å². The summed E-state index contributed by atoms with van der Waals surface area (Å²) < 4.78 is 6.41. The number of nitro benzene ring substituents is 1. The Morgan fingerprint density at radius 2 is 2.03 bits per heavy atom. The summed E-state index contributed by atoms with van der Waals surface area (Å²) in [5.74, 6) is 0.107. The molecule has 10 heteroatoms. The van der Waals surface area contributed by atoms with Crippen molar-refractivity contribution in [2.24, 2.45) is 5.92 Å². The molecule has 0 aromatic heterocycles. The van der Waals surface area contributed by atoms with Crippen LogP contribution in [0.3, 0.4) is 0 Å². The number of thiocarbonyl (C=S) groups is 1. The smallest absolute Gasteiger partial charge is 0.271 e. The van der Waals surface area contributed by atoms with Crippen molar-refractivity contribution in [2.45, 2.75) is 20.3 Å². The van der Waals surface area contributed by atoms with Crippen molar-refractivity contribution >= 4 is 50.5 Å². The Balaban J connectivity index is 2.11. The molecule has 0 aliphatic rings. The standard InChI is InChI=1S/C19H20BrN3O5S/c1-11(2)7-8-28-17-6-3-12(20)9-14(17)18(25)22-19(29)21-15-10-13(23(26)27)4-5-16(15)24/h3-6,9-11,24H,7-8H2,1-2H3,(H2,21,22,25,29). The maximum Gasteiger partial charge on any atom is 0.271 e. The molecule has 0 atom stereocenters. The summed E-state index contributed by atoms with van der Waals surface area (Å²) >= 11 is 8.43. The first-order valence-electron chi connectivity index (χ1n) is 8.69. The number of phenols is 1. The third-order valence-electron chi connectivity index (χ3n) is 3.81. The molecule has 0 radical (unpaired) electrons. The number of nitrogens with one attached hydrogen (secondary N) is 2. The molecule has 2 aromatic carbocycles. The average molecular weight is 482 g/mol. The summed E-state index contributed by atoms with van der Waals surface area (Å²) in [6.45, 7) is 4.61. The van der Waals surface area contributed by atoms with Crippen molar-refractivity contribution in [3.63, 3.8) is 0 Å². The summed E-state index contributed by atoms with van der Waals surface area (Å²) in [6, 6.07) is 8.49. The zero-order valence-corrected chi connectivity index (χ0v) is 18.2. The fourth-order valence-corrected chi connectivity index (χ4v) is 2.84. The van der Waals surface area contributed by atoms with Crippen molar-refractivity contribution in [3.05, 3.63) is 56.5 Å². The molecule has 0 aliphatic carbocycles. The number of carbonyl (C=O) groups is 1. The lowest BCUT2D eigenvalue weighted by molar-refractivity contribution is -0.384.